The maximum atomic E-state index is 12.3. The zero-order chi connectivity index (χ0) is 13.9. The van der Waals surface area contributed by atoms with E-state index in [1.165, 1.54) is 0 Å². The summed E-state index contributed by atoms with van der Waals surface area (Å²) in [6, 6.07) is 8.01. The average molecular weight is 261 g/mol. The lowest BCUT2D eigenvalue weighted by molar-refractivity contribution is -0.127. The predicted molar refractivity (Wildman–Crippen MR) is 76.4 cm³/mol. The van der Waals surface area contributed by atoms with E-state index >= 15 is 0 Å². The summed E-state index contributed by atoms with van der Waals surface area (Å²) in [4.78, 5) is 12.3. The smallest absolute Gasteiger partial charge is 0.138 e. The number of carbonyl (C=O) groups excluding carboxylic acids is 1. The van der Waals surface area contributed by atoms with Crippen LogP contribution in [0.5, 0.6) is 5.75 Å². The van der Waals surface area contributed by atoms with Gasteiger partial charge in [0.1, 0.15) is 11.5 Å². The highest BCUT2D eigenvalue weighted by Crippen LogP contribution is 2.37. The second-order valence-electron chi connectivity index (χ2n) is 5.45. The molecule has 1 N–H and O–H groups in total. The molecule has 1 fully saturated rings. The molecule has 3 heteroatoms. The van der Waals surface area contributed by atoms with Gasteiger partial charge in [-0.3, -0.25) is 4.79 Å². The van der Waals surface area contributed by atoms with Crippen LogP contribution in [0.2, 0.25) is 0 Å². The molecule has 1 saturated carbocycles. The lowest BCUT2D eigenvalue weighted by Crippen LogP contribution is -2.48. The highest BCUT2D eigenvalue weighted by molar-refractivity contribution is 5.83. The molecular weight excluding hydrogens is 238 g/mol. The average Bonchev–Trinajstić information content (AvgIpc) is 2.47. The minimum Gasteiger partial charge on any atom is -0.497 e. The van der Waals surface area contributed by atoms with Crippen molar-refractivity contribution in [2.24, 2.45) is 5.92 Å². The molecule has 0 bridgehead atoms. The SMILES string of the molecule is CNC(C)(c1cccc(OC)c1)C1CCCCC1=O. The quantitative estimate of drug-likeness (QED) is 0.905. The minimum atomic E-state index is -0.313. The van der Waals surface area contributed by atoms with Crippen molar-refractivity contribution < 1.29 is 9.53 Å². The van der Waals surface area contributed by atoms with Crippen molar-refractivity contribution in [3.8, 4) is 5.75 Å². The standard InChI is InChI=1S/C16H23NO2/c1-16(17-2,14-9-4-5-10-15(14)18)12-7-6-8-13(11-12)19-3/h6-8,11,14,17H,4-5,9-10H2,1-3H3. The molecule has 2 atom stereocenters. The molecule has 0 spiro atoms. The molecule has 1 aliphatic carbocycles. The number of methoxy groups -OCH3 is 1. The first kappa shape index (κ1) is 14.1. The second kappa shape index (κ2) is 5.74. The second-order valence-corrected chi connectivity index (χ2v) is 5.45. The van der Waals surface area contributed by atoms with Gasteiger partial charge in [-0.1, -0.05) is 18.6 Å². The fraction of sp³-hybridized carbons (Fsp3) is 0.562. The largest absolute Gasteiger partial charge is 0.497 e. The first-order chi connectivity index (χ1) is 9.11. The number of hydrogen-bond acceptors (Lipinski definition) is 3. The van der Waals surface area contributed by atoms with E-state index < -0.39 is 0 Å². The van der Waals surface area contributed by atoms with Crippen molar-refractivity contribution in [3.05, 3.63) is 29.8 Å². The van der Waals surface area contributed by atoms with Gasteiger partial charge in [-0.05, 0) is 44.5 Å². The molecule has 1 aromatic rings. The van der Waals surface area contributed by atoms with Crippen LogP contribution in [0, 0.1) is 5.92 Å². The molecule has 19 heavy (non-hydrogen) atoms. The van der Waals surface area contributed by atoms with Gasteiger partial charge in [0.25, 0.3) is 0 Å². The molecule has 1 aromatic carbocycles. The van der Waals surface area contributed by atoms with Gasteiger partial charge in [0.05, 0.1) is 12.6 Å². The lowest BCUT2D eigenvalue weighted by atomic mass is 9.71. The Hall–Kier alpha value is -1.35. The van der Waals surface area contributed by atoms with E-state index in [0.717, 1.165) is 30.6 Å². The zero-order valence-corrected chi connectivity index (χ0v) is 12.0. The molecule has 0 heterocycles. The molecule has 2 rings (SSSR count). The normalized spacial score (nSPS) is 22.9. The summed E-state index contributed by atoms with van der Waals surface area (Å²) < 4.78 is 5.30. The summed E-state index contributed by atoms with van der Waals surface area (Å²) >= 11 is 0. The molecule has 0 saturated heterocycles. The topological polar surface area (TPSA) is 38.3 Å². The molecular formula is C16H23NO2. The monoisotopic (exact) mass is 261 g/mol. The maximum Gasteiger partial charge on any atom is 0.138 e. The third-order valence-electron chi connectivity index (χ3n) is 4.44. The summed E-state index contributed by atoms with van der Waals surface area (Å²) in [5.74, 6) is 1.27. The maximum absolute atomic E-state index is 12.3. The van der Waals surface area contributed by atoms with Crippen LogP contribution in [-0.4, -0.2) is 19.9 Å². The van der Waals surface area contributed by atoms with E-state index in [1.54, 1.807) is 7.11 Å². The minimum absolute atomic E-state index is 0.0540. The summed E-state index contributed by atoms with van der Waals surface area (Å²) in [5, 5.41) is 3.37. The van der Waals surface area contributed by atoms with Gasteiger partial charge in [0.2, 0.25) is 0 Å². The Kier molecular flexibility index (Phi) is 4.25. The number of Topliss-reactive ketones (excluding diaryl/α,β-unsaturated/α-hetero) is 1. The van der Waals surface area contributed by atoms with Gasteiger partial charge in [-0.15, -0.1) is 0 Å². The van der Waals surface area contributed by atoms with Gasteiger partial charge in [0, 0.05) is 12.3 Å². The molecule has 0 radical (unpaired) electrons. The number of ether oxygens (including phenoxy) is 1. The van der Waals surface area contributed by atoms with Crippen LogP contribution < -0.4 is 10.1 Å². The Morgan fingerprint density at radius 1 is 1.37 bits per heavy atom. The Morgan fingerprint density at radius 2 is 2.16 bits per heavy atom. The Bertz CT molecular complexity index is 458. The number of ketones is 1. The van der Waals surface area contributed by atoms with Gasteiger partial charge >= 0.3 is 0 Å². The zero-order valence-electron chi connectivity index (χ0n) is 12.0. The highest BCUT2D eigenvalue weighted by atomic mass is 16.5. The first-order valence-electron chi connectivity index (χ1n) is 6.98. The Morgan fingerprint density at radius 3 is 2.79 bits per heavy atom. The fourth-order valence-electron chi connectivity index (χ4n) is 3.06. The predicted octanol–water partition coefficient (Wildman–Crippen LogP) is 2.89. The first-order valence-corrected chi connectivity index (χ1v) is 6.98. The van der Waals surface area contributed by atoms with Crippen LogP contribution in [0.3, 0.4) is 0 Å². The van der Waals surface area contributed by atoms with Gasteiger partial charge in [-0.25, -0.2) is 0 Å². The summed E-state index contributed by atoms with van der Waals surface area (Å²) in [6.07, 6.45) is 3.85. The van der Waals surface area contributed by atoms with Crippen molar-refractivity contribution >= 4 is 5.78 Å². The molecule has 3 nitrogen and oxygen atoms in total. The summed E-state index contributed by atoms with van der Waals surface area (Å²) in [7, 11) is 3.60. The van der Waals surface area contributed by atoms with Crippen molar-refractivity contribution in [3.63, 3.8) is 0 Å². The number of hydrogen-bond donors (Lipinski definition) is 1. The van der Waals surface area contributed by atoms with Crippen LogP contribution in [0.15, 0.2) is 24.3 Å². The molecule has 2 unspecified atom stereocenters. The van der Waals surface area contributed by atoms with Crippen molar-refractivity contribution in [1.29, 1.82) is 0 Å². The fourth-order valence-corrected chi connectivity index (χ4v) is 3.06. The van der Waals surface area contributed by atoms with Crippen molar-refractivity contribution in [2.75, 3.05) is 14.2 Å². The Labute approximate surface area is 115 Å². The third kappa shape index (κ3) is 2.66. The van der Waals surface area contributed by atoms with E-state index in [4.69, 9.17) is 4.74 Å². The molecule has 104 valence electrons. The Balaban J connectivity index is 2.37. The number of rotatable bonds is 4. The van der Waals surface area contributed by atoms with Gasteiger partial charge in [-0.2, -0.15) is 0 Å². The van der Waals surface area contributed by atoms with E-state index in [2.05, 4.69) is 18.3 Å². The third-order valence-corrected chi connectivity index (χ3v) is 4.44. The van der Waals surface area contributed by atoms with Gasteiger partial charge in [0.15, 0.2) is 0 Å². The number of nitrogens with one attached hydrogen (secondary N) is 1. The van der Waals surface area contributed by atoms with Crippen LogP contribution >= 0.6 is 0 Å². The van der Waals surface area contributed by atoms with E-state index in [-0.39, 0.29) is 11.5 Å². The lowest BCUT2D eigenvalue weighted by Gasteiger charge is -2.39. The van der Waals surface area contributed by atoms with Crippen LogP contribution in [0.4, 0.5) is 0 Å². The molecule has 0 amide bonds. The summed E-state index contributed by atoms with van der Waals surface area (Å²) in [6.45, 7) is 2.12. The van der Waals surface area contributed by atoms with Crippen molar-refractivity contribution in [2.45, 2.75) is 38.1 Å². The van der Waals surface area contributed by atoms with E-state index in [9.17, 15) is 4.79 Å². The molecule has 0 aliphatic heterocycles. The van der Waals surface area contributed by atoms with Crippen LogP contribution in [0.1, 0.15) is 38.2 Å². The summed E-state index contributed by atoms with van der Waals surface area (Å²) in [5.41, 5.74) is 0.807. The molecule has 1 aliphatic rings. The number of benzene rings is 1. The highest BCUT2D eigenvalue weighted by Gasteiger charge is 2.40. The van der Waals surface area contributed by atoms with Gasteiger partial charge < -0.3 is 10.1 Å². The van der Waals surface area contributed by atoms with Crippen molar-refractivity contribution in [1.82, 2.24) is 5.32 Å². The number of carbonyl (C=O) groups is 1. The van der Waals surface area contributed by atoms with Crippen LogP contribution in [0.25, 0.3) is 0 Å². The van der Waals surface area contributed by atoms with E-state index in [0.29, 0.717) is 12.2 Å². The van der Waals surface area contributed by atoms with Crippen LogP contribution in [-0.2, 0) is 10.3 Å². The molecule has 0 aromatic heterocycles. The van der Waals surface area contributed by atoms with E-state index in [1.807, 2.05) is 25.2 Å².